The number of nitrogens with zero attached hydrogens (tertiary/aromatic N) is 5. The molecule has 1 fully saturated rings. The van der Waals surface area contributed by atoms with Crippen molar-refractivity contribution in [2.45, 2.75) is 43.4 Å². The van der Waals surface area contributed by atoms with Gasteiger partial charge in [0.05, 0.1) is 43.4 Å². The number of H-pyrrole nitrogens is 1. The zero-order valence-corrected chi connectivity index (χ0v) is 38.5. The summed E-state index contributed by atoms with van der Waals surface area (Å²) in [6.45, 7) is 0.541. The van der Waals surface area contributed by atoms with E-state index in [2.05, 4.69) is 51.1 Å². The number of phosphoric ester groups is 1. The third-order valence-corrected chi connectivity index (χ3v) is 13.8. The Morgan fingerprint density at radius 3 is 2.66 bits per heavy atom. The molecule has 0 radical (unpaired) electrons. The lowest BCUT2D eigenvalue weighted by Gasteiger charge is -2.23. The van der Waals surface area contributed by atoms with Gasteiger partial charge in [0.2, 0.25) is 11.9 Å². The van der Waals surface area contributed by atoms with Crippen molar-refractivity contribution in [1.29, 1.82) is 0 Å². The predicted molar refractivity (Wildman–Crippen MR) is 231 cm³/mol. The number of amides is 2. The SMILES string of the molecule is CSS[C@H](C)OC1C[C@H](n2cc(C#CCNC(=O)COCCOC(COc3cccc(C(=O)NCCN)c3)N=[N+]=[N-])c3c(=O)[nH]c(N)nc32)O[C@@H]1COP(=O)(O)OP(=O)(O)OP(=O)(O)O. The number of nitrogen functional groups attached to an aromatic ring is 1. The summed E-state index contributed by atoms with van der Waals surface area (Å²) in [5.41, 5.74) is 19.6. The average molecular weight is 1010 g/mol. The maximum Gasteiger partial charge on any atom is 0.490 e. The van der Waals surface area contributed by atoms with Crippen LogP contribution in [0.5, 0.6) is 5.75 Å². The molecule has 2 amide bonds. The summed E-state index contributed by atoms with van der Waals surface area (Å²) in [5, 5.41) is 8.71. The summed E-state index contributed by atoms with van der Waals surface area (Å²) < 4.78 is 77.8. The van der Waals surface area contributed by atoms with Crippen molar-refractivity contribution in [3.05, 3.63) is 62.4 Å². The maximum atomic E-state index is 13.1. The number of aromatic amines is 1. The number of fused-ring (bicyclic) bond motifs is 1. The van der Waals surface area contributed by atoms with Crippen LogP contribution >= 0.6 is 45.1 Å². The molecule has 1 aliphatic heterocycles. The molecule has 3 aromatic rings. The molecule has 4 unspecified atom stereocenters. The summed E-state index contributed by atoms with van der Waals surface area (Å²) in [4.78, 5) is 84.3. The van der Waals surface area contributed by atoms with E-state index in [0.29, 0.717) is 17.9 Å². The van der Waals surface area contributed by atoms with E-state index in [4.69, 9.17) is 55.0 Å². The number of rotatable bonds is 26. The molecule has 1 aliphatic rings. The molecule has 1 aromatic carbocycles. The van der Waals surface area contributed by atoms with E-state index in [1.807, 2.05) is 0 Å². The van der Waals surface area contributed by atoms with E-state index in [1.54, 1.807) is 31.4 Å². The first kappa shape index (κ1) is 53.6. The summed E-state index contributed by atoms with van der Waals surface area (Å²) in [6, 6.07) is 6.31. The van der Waals surface area contributed by atoms with Gasteiger partial charge in [-0.15, -0.1) is 0 Å². The predicted octanol–water partition coefficient (Wildman–Crippen LogP) is 1.58. The topological polar surface area (TPSA) is 416 Å². The van der Waals surface area contributed by atoms with Crippen LogP contribution in [-0.2, 0) is 50.6 Å². The number of azide groups is 1. The van der Waals surface area contributed by atoms with E-state index in [-0.39, 0.29) is 67.8 Å². The molecule has 0 saturated carbocycles. The lowest BCUT2D eigenvalue weighted by molar-refractivity contribution is -0.126. The van der Waals surface area contributed by atoms with Gasteiger partial charge in [-0.1, -0.05) is 44.6 Å². The highest BCUT2D eigenvalue weighted by Gasteiger charge is 2.44. The molecule has 28 nitrogen and oxygen atoms in total. The van der Waals surface area contributed by atoms with Crippen molar-refractivity contribution in [1.82, 2.24) is 25.2 Å². The minimum atomic E-state index is -5.79. The van der Waals surface area contributed by atoms with E-state index < -0.39 is 78.2 Å². The van der Waals surface area contributed by atoms with Gasteiger partial charge < -0.3 is 69.9 Å². The largest absolute Gasteiger partial charge is 0.491 e. The Hall–Kier alpha value is -4.04. The van der Waals surface area contributed by atoms with E-state index in [0.717, 1.165) is 0 Å². The number of anilines is 1. The number of carbonyl (C=O) groups is 2. The highest BCUT2D eigenvalue weighted by molar-refractivity contribution is 8.76. The van der Waals surface area contributed by atoms with Crippen LogP contribution in [0.4, 0.5) is 5.95 Å². The fraction of sp³-hybridized carbons (Fsp3) is 0.500. The van der Waals surface area contributed by atoms with Gasteiger partial charge in [0, 0.05) is 36.2 Å². The molecule has 0 spiro atoms. The molecule has 0 aliphatic carbocycles. The normalized spacial score (nSPS) is 18.9. The number of benzene rings is 1. The van der Waals surface area contributed by atoms with Crippen LogP contribution in [0.3, 0.4) is 0 Å². The molecular weight excluding hydrogens is 969 g/mol. The smallest absolute Gasteiger partial charge is 0.490 e. The number of aromatic nitrogens is 3. The van der Waals surface area contributed by atoms with Crippen molar-refractivity contribution in [3.8, 4) is 17.6 Å². The lowest BCUT2D eigenvalue weighted by Crippen LogP contribution is -2.30. The van der Waals surface area contributed by atoms with Crippen LogP contribution in [0.15, 0.2) is 40.4 Å². The molecule has 4 rings (SSSR count). The molecular formula is C32H45N10O18P3S2. The number of nitrogens with two attached hydrogens (primary N) is 2. The summed E-state index contributed by atoms with van der Waals surface area (Å²) in [5.74, 6) is 4.71. The van der Waals surface area contributed by atoms with Crippen molar-refractivity contribution in [3.63, 3.8) is 0 Å². The van der Waals surface area contributed by atoms with E-state index in [1.165, 1.54) is 38.4 Å². The quantitative estimate of drug-likeness (QED) is 0.00805. The molecule has 33 heteroatoms. The van der Waals surface area contributed by atoms with Crippen molar-refractivity contribution < 1.29 is 79.7 Å². The molecule has 2 aromatic heterocycles. The first-order valence-electron chi connectivity index (χ1n) is 18.6. The zero-order valence-electron chi connectivity index (χ0n) is 34.2. The molecule has 0 bridgehead atoms. The Labute approximate surface area is 376 Å². The Bertz CT molecular complexity index is 2440. The second-order valence-corrected chi connectivity index (χ2v) is 20.1. The number of phosphoric acid groups is 3. The molecule has 11 N–H and O–H groups in total. The van der Waals surface area contributed by atoms with Gasteiger partial charge in [0.15, 0.2) is 11.9 Å². The van der Waals surface area contributed by atoms with E-state index in [9.17, 15) is 37.9 Å². The van der Waals surface area contributed by atoms with Crippen LogP contribution in [0.1, 0.15) is 35.5 Å². The van der Waals surface area contributed by atoms with Gasteiger partial charge in [-0.05, 0) is 36.9 Å². The van der Waals surface area contributed by atoms with Crippen LogP contribution in [0.2, 0.25) is 0 Å². The fourth-order valence-corrected chi connectivity index (χ4v) is 10.1. The van der Waals surface area contributed by atoms with Gasteiger partial charge in [-0.25, -0.2) is 13.7 Å². The second kappa shape index (κ2) is 25.2. The molecule has 1 saturated heterocycles. The number of hydrogen-bond donors (Lipinski definition) is 9. The Kier molecular flexibility index (Phi) is 20.8. The first-order chi connectivity index (χ1) is 30.7. The average Bonchev–Trinajstić information content (AvgIpc) is 3.79. The molecule has 65 heavy (non-hydrogen) atoms. The summed E-state index contributed by atoms with van der Waals surface area (Å²) in [6.07, 6.45) is -0.919. The number of ether oxygens (including phenoxy) is 5. The Morgan fingerprint density at radius 1 is 1.18 bits per heavy atom. The zero-order chi connectivity index (χ0) is 47.8. The monoisotopic (exact) mass is 1010 g/mol. The Balaban J connectivity index is 1.34. The third-order valence-electron chi connectivity index (χ3n) is 8.07. The number of carbonyl (C=O) groups excluding carboxylic acids is 2. The van der Waals surface area contributed by atoms with Crippen LogP contribution < -0.4 is 32.4 Å². The number of hydrogen-bond acceptors (Lipinski definition) is 20. The van der Waals surface area contributed by atoms with Crippen molar-refractivity contribution in [2.24, 2.45) is 10.8 Å². The third kappa shape index (κ3) is 17.9. The van der Waals surface area contributed by atoms with Crippen LogP contribution in [-0.4, -0.2) is 129 Å². The Morgan fingerprint density at radius 2 is 1.95 bits per heavy atom. The van der Waals surface area contributed by atoms with E-state index >= 15 is 0 Å². The van der Waals surface area contributed by atoms with Gasteiger partial charge in [0.25, 0.3) is 11.5 Å². The number of nitrogens with one attached hydrogen (secondary N) is 3. The minimum absolute atomic E-state index is 0.00543. The molecule has 3 heterocycles. The van der Waals surface area contributed by atoms with Gasteiger partial charge in [-0.3, -0.25) is 23.9 Å². The van der Waals surface area contributed by atoms with Crippen LogP contribution in [0.25, 0.3) is 21.5 Å². The first-order valence-corrected chi connectivity index (χ1v) is 25.8. The summed E-state index contributed by atoms with van der Waals surface area (Å²) >= 11 is 0. The second-order valence-electron chi connectivity index (χ2n) is 12.9. The maximum absolute atomic E-state index is 13.1. The van der Waals surface area contributed by atoms with Crippen molar-refractivity contribution >= 4 is 73.9 Å². The molecule has 358 valence electrons. The molecule has 7 atom stereocenters. The van der Waals surface area contributed by atoms with Gasteiger partial charge >= 0.3 is 23.5 Å². The van der Waals surface area contributed by atoms with Gasteiger partial charge in [0.1, 0.15) is 36.7 Å². The van der Waals surface area contributed by atoms with Crippen molar-refractivity contribution in [2.75, 3.05) is 64.7 Å². The lowest BCUT2D eigenvalue weighted by atomic mass is 10.2. The minimum Gasteiger partial charge on any atom is -0.491 e. The highest BCUT2D eigenvalue weighted by Crippen LogP contribution is 2.66. The standard InChI is InChI=1S/C32H45N10O18P3S2/c1-19(65-64-2)57-23-14-27(58-24(23)16-56-62(49,50)60-63(51,52)59-61(46,47)48)42-15-21(28-29(42)38-32(34)39-31(28)45)6-4-9-36-25(43)17-53-11-12-54-26(40-41-35)18-55-22-7-3-5-20(13-22)30(44)37-10-8-33/h3,5,7,13,15,19,23-24,26-27H,8-12,14,16-18,33H2,1-2H3,(H,36,43)(H,37,44)(H,49,50)(H,51,52)(H2,46,47,48)(H3,34,38,39,45)/t19-,23?,24-,26?,27-/m1/s1. The van der Waals surface area contributed by atoms with Gasteiger partial charge in [-0.2, -0.15) is 13.6 Å². The van der Waals surface area contributed by atoms with Crippen LogP contribution in [0, 0.1) is 11.8 Å². The fourth-order valence-electron chi connectivity index (χ4n) is 5.62. The summed E-state index contributed by atoms with van der Waals surface area (Å²) in [7, 11) is -14.2. The highest BCUT2D eigenvalue weighted by atomic mass is 33.1.